The Morgan fingerprint density at radius 1 is 1.58 bits per heavy atom. The Balaban J connectivity index is 1.91. The highest BCUT2D eigenvalue weighted by Gasteiger charge is 2.26. The maximum Gasteiger partial charge on any atom is 0.331 e. The van der Waals surface area contributed by atoms with E-state index >= 15 is 0 Å². The molecule has 0 aromatic carbocycles. The molecule has 19 heavy (non-hydrogen) atoms. The van der Waals surface area contributed by atoms with E-state index in [2.05, 4.69) is 15.5 Å². The predicted octanol–water partition coefficient (Wildman–Crippen LogP) is 0.877. The minimum absolute atomic E-state index is 0.0859. The summed E-state index contributed by atoms with van der Waals surface area (Å²) in [6, 6.07) is 2.14. The molecule has 2 atom stereocenters. The van der Waals surface area contributed by atoms with E-state index in [9.17, 15) is 9.59 Å². The average Bonchev–Trinajstić information content (AvgIpc) is 2.97. The maximum atomic E-state index is 11.8. The van der Waals surface area contributed by atoms with Gasteiger partial charge in [-0.25, -0.2) is 9.59 Å². The summed E-state index contributed by atoms with van der Waals surface area (Å²) in [7, 11) is 1.99. The highest BCUT2D eigenvalue weighted by atomic mass is 32.1. The van der Waals surface area contributed by atoms with E-state index < -0.39 is 18.0 Å². The first-order valence-corrected chi connectivity index (χ1v) is 6.96. The van der Waals surface area contributed by atoms with Crippen molar-refractivity contribution >= 4 is 23.3 Å². The van der Waals surface area contributed by atoms with Crippen LogP contribution in [0.3, 0.4) is 0 Å². The van der Waals surface area contributed by atoms with Gasteiger partial charge in [-0.3, -0.25) is 0 Å². The number of hydrogen-bond donors (Lipinski definition) is 3. The second kappa shape index (κ2) is 6.03. The molecular weight excluding hydrogens is 266 g/mol. The molecule has 1 aliphatic heterocycles. The quantitative estimate of drug-likeness (QED) is 0.766. The van der Waals surface area contributed by atoms with Crippen LogP contribution in [0.25, 0.3) is 0 Å². The van der Waals surface area contributed by atoms with E-state index in [0.29, 0.717) is 4.88 Å². The molecule has 1 aliphatic rings. The Morgan fingerprint density at radius 3 is 2.89 bits per heavy atom. The molecule has 1 aromatic rings. The first-order chi connectivity index (χ1) is 9.06. The largest absolute Gasteiger partial charge is 0.479 e. The van der Waals surface area contributed by atoms with E-state index in [1.807, 2.05) is 7.05 Å². The summed E-state index contributed by atoms with van der Waals surface area (Å²) in [6.07, 6.45) is 0.890. The van der Waals surface area contributed by atoms with Crippen LogP contribution in [0.15, 0.2) is 17.5 Å². The van der Waals surface area contributed by atoms with Crippen LogP contribution in [0.1, 0.15) is 17.3 Å². The average molecular weight is 283 g/mol. The van der Waals surface area contributed by atoms with Crippen LogP contribution in [0.4, 0.5) is 4.79 Å². The summed E-state index contributed by atoms with van der Waals surface area (Å²) < 4.78 is 0. The van der Waals surface area contributed by atoms with Gasteiger partial charge in [0.2, 0.25) is 0 Å². The van der Waals surface area contributed by atoms with Crippen molar-refractivity contribution in [3.63, 3.8) is 0 Å². The number of urea groups is 1. The topological polar surface area (TPSA) is 81.7 Å². The molecule has 2 unspecified atom stereocenters. The van der Waals surface area contributed by atoms with Gasteiger partial charge in [0.25, 0.3) is 0 Å². The van der Waals surface area contributed by atoms with Crippen LogP contribution >= 0.6 is 11.3 Å². The number of aliphatic carboxylic acids is 1. The number of likely N-dealkylation sites (N-methyl/N-ethyl adjacent to an activating group) is 1. The number of amides is 2. The molecule has 0 spiro atoms. The fourth-order valence-electron chi connectivity index (χ4n) is 2.12. The van der Waals surface area contributed by atoms with Gasteiger partial charge in [-0.1, -0.05) is 6.07 Å². The fraction of sp³-hybridized carbons (Fsp3) is 0.500. The molecule has 7 heteroatoms. The molecular formula is C12H17N3O3S. The highest BCUT2D eigenvalue weighted by Crippen LogP contribution is 2.19. The second-order valence-electron chi connectivity index (χ2n) is 4.65. The molecule has 2 heterocycles. The third-order valence-corrected chi connectivity index (χ3v) is 4.01. The number of likely N-dealkylation sites (tertiary alicyclic amines) is 1. The van der Waals surface area contributed by atoms with Crippen molar-refractivity contribution in [2.45, 2.75) is 18.5 Å². The van der Waals surface area contributed by atoms with Crippen LogP contribution < -0.4 is 10.6 Å². The van der Waals surface area contributed by atoms with Crippen molar-refractivity contribution in [1.29, 1.82) is 0 Å². The summed E-state index contributed by atoms with van der Waals surface area (Å²) in [5, 5.41) is 16.3. The van der Waals surface area contributed by atoms with Crippen molar-refractivity contribution in [3.8, 4) is 0 Å². The van der Waals surface area contributed by atoms with Gasteiger partial charge in [0, 0.05) is 17.5 Å². The number of carbonyl (C=O) groups is 2. The van der Waals surface area contributed by atoms with Crippen molar-refractivity contribution < 1.29 is 14.7 Å². The third kappa shape index (κ3) is 3.68. The molecule has 0 radical (unpaired) electrons. The van der Waals surface area contributed by atoms with E-state index in [-0.39, 0.29) is 6.04 Å². The Hall–Kier alpha value is -1.60. The van der Waals surface area contributed by atoms with Crippen molar-refractivity contribution in [3.05, 3.63) is 22.4 Å². The van der Waals surface area contributed by atoms with Crippen molar-refractivity contribution in [1.82, 2.24) is 15.5 Å². The molecule has 0 bridgehead atoms. The zero-order valence-corrected chi connectivity index (χ0v) is 11.4. The van der Waals surface area contributed by atoms with Gasteiger partial charge >= 0.3 is 12.0 Å². The fourth-order valence-corrected chi connectivity index (χ4v) is 2.89. The lowest BCUT2D eigenvalue weighted by atomic mass is 10.2. The minimum atomic E-state index is -1.05. The van der Waals surface area contributed by atoms with Crippen molar-refractivity contribution in [2.24, 2.45) is 0 Å². The number of nitrogens with one attached hydrogen (secondary N) is 2. The Kier molecular flexibility index (Phi) is 4.39. The molecule has 2 amide bonds. The second-order valence-corrected chi connectivity index (χ2v) is 5.63. The van der Waals surface area contributed by atoms with Crippen LogP contribution in [0, 0.1) is 0 Å². The highest BCUT2D eigenvalue weighted by molar-refractivity contribution is 7.10. The van der Waals surface area contributed by atoms with Gasteiger partial charge in [0.1, 0.15) is 0 Å². The van der Waals surface area contributed by atoms with E-state index in [4.69, 9.17) is 5.11 Å². The summed E-state index contributed by atoms with van der Waals surface area (Å²) in [6.45, 7) is 1.74. The van der Waals surface area contributed by atoms with E-state index in [0.717, 1.165) is 19.5 Å². The monoisotopic (exact) mass is 283 g/mol. The first kappa shape index (κ1) is 13.8. The summed E-state index contributed by atoms with van der Waals surface area (Å²) in [5.74, 6) is -1.05. The molecule has 104 valence electrons. The lowest BCUT2D eigenvalue weighted by molar-refractivity contribution is -0.139. The zero-order chi connectivity index (χ0) is 13.8. The molecule has 0 aliphatic carbocycles. The van der Waals surface area contributed by atoms with Crippen LogP contribution in [-0.2, 0) is 4.79 Å². The van der Waals surface area contributed by atoms with Gasteiger partial charge in [-0.05, 0) is 31.5 Å². The lowest BCUT2D eigenvalue weighted by Gasteiger charge is -2.17. The van der Waals surface area contributed by atoms with Crippen LogP contribution in [-0.4, -0.2) is 48.2 Å². The van der Waals surface area contributed by atoms with E-state index in [1.54, 1.807) is 17.5 Å². The summed E-state index contributed by atoms with van der Waals surface area (Å²) >= 11 is 1.31. The molecule has 2 rings (SSSR count). The number of rotatable bonds is 4. The predicted molar refractivity (Wildman–Crippen MR) is 72.3 cm³/mol. The summed E-state index contributed by atoms with van der Waals surface area (Å²) in [4.78, 5) is 25.7. The van der Waals surface area contributed by atoms with Crippen molar-refractivity contribution in [2.75, 3.05) is 20.1 Å². The Labute approximate surface area is 115 Å². The first-order valence-electron chi connectivity index (χ1n) is 6.08. The third-order valence-electron chi connectivity index (χ3n) is 3.08. The number of nitrogens with zero attached hydrogens (tertiary/aromatic N) is 1. The van der Waals surface area contributed by atoms with Gasteiger partial charge in [0.05, 0.1) is 0 Å². The number of hydrogen-bond acceptors (Lipinski definition) is 4. The summed E-state index contributed by atoms with van der Waals surface area (Å²) in [5.41, 5.74) is 0. The van der Waals surface area contributed by atoms with Gasteiger partial charge in [-0.15, -0.1) is 11.3 Å². The zero-order valence-electron chi connectivity index (χ0n) is 10.6. The normalized spacial score (nSPS) is 21.0. The molecule has 0 saturated carbocycles. The molecule has 3 N–H and O–H groups in total. The molecule has 1 saturated heterocycles. The standard InChI is InChI=1S/C12H17N3O3S/c1-15-5-4-8(7-15)13-12(18)14-10(11(16)17)9-3-2-6-19-9/h2-3,6,8,10H,4-5,7H2,1H3,(H,16,17)(H2,13,14,18). The minimum Gasteiger partial charge on any atom is -0.479 e. The van der Waals surface area contributed by atoms with Crippen LogP contribution in [0.2, 0.25) is 0 Å². The lowest BCUT2D eigenvalue weighted by Crippen LogP contribution is -2.45. The number of carbonyl (C=O) groups excluding carboxylic acids is 1. The SMILES string of the molecule is CN1CCC(NC(=O)NC(C(=O)O)c2cccs2)C1. The Morgan fingerprint density at radius 2 is 2.37 bits per heavy atom. The van der Waals surface area contributed by atoms with Gasteiger partial charge in [0.15, 0.2) is 6.04 Å². The smallest absolute Gasteiger partial charge is 0.331 e. The van der Waals surface area contributed by atoms with E-state index in [1.165, 1.54) is 11.3 Å². The Bertz CT molecular complexity index is 449. The maximum absolute atomic E-state index is 11.8. The molecule has 1 fully saturated rings. The molecule has 1 aromatic heterocycles. The number of carboxylic acid groups (broad SMARTS) is 1. The van der Waals surface area contributed by atoms with Gasteiger partial charge < -0.3 is 20.6 Å². The number of thiophene rings is 1. The molecule has 6 nitrogen and oxygen atoms in total. The van der Waals surface area contributed by atoms with Gasteiger partial charge in [-0.2, -0.15) is 0 Å². The van der Waals surface area contributed by atoms with Crippen LogP contribution in [0.5, 0.6) is 0 Å². The number of carboxylic acids is 1.